The third kappa shape index (κ3) is 4.37. The average molecular weight is 287 g/mol. The van der Waals surface area contributed by atoms with Crippen molar-refractivity contribution in [1.29, 1.82) is 0 Å². The lowest BCUT2D eigenvalue weighted by Gasteiger charge is -2.27. The summed E-state index contributed by atoms with van der Waals surface area (Å²) in [5, 5.41) is 14.4. The second-order valence-electron chi connectivity index (χ2n) is 5.09. The average Bonchev–Trinajstić information content (AvgIpc) is 2.71. The lowest BCUT2D eigenvalue weighted by atomic mass is 9.85. The van der Waals surface area contributed by atoms with Crippen LogP contribution in [0.15, 0.2) is 0 Å². The van der Waals surface area contributed by atoms with Crippen LogP contribution in [0.2, 0.25) is 0 Å². The van der Waals surface area contributed by atoms with E-state index in [4.69, 9.17) is 10.5 Å². The molecule has 2 atom stereocenters. The van der Waals surface area contributed by atoms with Crippen molar-refractivity contribution in [3.05, 3.63) is 0 Å². The molecule has 0 bridgehead atoms. The fraction of sp³-hybridized carbons (Fsp3) is 0.750. The molecule has 0 saturated heterocycles. The van der Waals surface area contributed by atoms with Crippen LogP contribution in [-0.4, -0.2) is 48.8 Å². The number of carbonyl (C=O) groups is 3. The predicted octanol–water partition coefficient (Wildman–Crippen LogP) is -0.569. The van der Waals surface area contributed by atoms with E-state index in [-0.39, 0.29) is 25.8 Å². The first-order valence-corrected chi connectivity index (χ1v) is 6.50. The van der Waals surface area contributed by atoms with Crippen molar-refractivity contribution < 1.29 is 24.2 Å². The van der Waals surface area contributed by atoms with Crippen molar-refractivity contribution in [2.24, 2.45) is 11.1 Å². The molecular formula is C12H21N3O5. The number of hydrogen-bond donors (Lipinski definition) is 4. The molecule has 0 aliphatic heterocycles. The van der Waals surface area contributed by atoms with Gasteiger partial charge in [-0.2, -0.15) is 0 Å². The first kappa shape index (κ1) is 16.2. The third-order valence-corrected chi connectivity index (χ3v) is 3.53. The van der Waals surface area contributed by atoms with Crippen LogP contribution in [0.1, 0.15) is 26.2 Å². The first-order valence-electron chi connectivity index (χ1n) is 6.50. The maximum Gasteiger partial charge on any atom is 0.315 e. The van der Waals surface area contributed by atoms with E-state index < -0.39 is 23.3 Å². The summed E-state index contributed by atoms with van der Waals surface area (Å²) in [7, 11) is 0. The molecule has 1 fully saturated rings. The van der Waals surface area contributed by atoms with Gasteiger partial charge in [0.2, 0.25) is 5.91 Å². The number of aliphatic carboxylic acids is 1. The lowest BCUT2D eigenvalue weighted by molar-refractivity contribution is -0.148. The van der Waals surface area contributed by atoms with Crippen LogP contribution in [0.25, 0.3) is 0 Å². The van der Waals surface area contributed by atoms with Crippen molar-refractivity contribution in [2.45, 2.75) is 32.2 Å². The van der Waals surface area contributed by atoms with Crippen molar-refractivity contribution in [2.75, 3.05) is 19.8 Å². The summed E-state index contributed by atoms with van der Waals surface area (Å²) < 4.78 is 4.88. The maximum atomic E-state index is 11.6. The number of primary amides is 1. The van der Waals surface area contributed by atoms with Crippen LogP contribution in [0.4, 0.5) is 4.79 Å². The Balaban J connectivity index is 2.28. The van der Waals surface area contributed by atoms with Gasteiger partial charge >= 0.3 is 12.0 Å². The Hall–Kier alpha value is -1.83. The highest BCUT2D eigenvalue weighted by Crippen LogP contribution is 2.38. The monoisotopic (exact) mass is 287 g/mol. The van der Waals surface area contributed by atoms with Crippen LogP contribution in [0, 0.1) is 5.41 Å². The quantitative estimate of drug-likeness (QED) is 0.466. The van der Waals surface area contributed by atoms with E-state index in [2.05, 4.69) is 10.6 Å². The predicted molar refractivity (Wildman–Crippen MR) is 69.9 cm³/mol. The van der Waals surface area contributed by atoms with Gasteiger partial charge in [-0.15, -0.1) is 0 Å². The molecule has 0 radical (unpaired) electrons. The first-order chi connectivity index (χ1) is 9.36. The standard InChI is InChI=1S/C12H21N3O5/c1-12(10(17)18)4-2-3-8(12)15-11(19)14-5-6-20-7-9(13)16/h8H,2-7H2,1H3,(H2,13,16)(H,17,18)(H2,14,15,19). The molecule has 5 N–H and O–H groups in total. The van der Waals surface area contributed by atoms with Crippen LogP contribution >= 0.6 is 0 Å². The highest BCUT2D eigenvalue weighted by Gasteiger charge is 2.45. The van der Waals surface area contributed by atoms with Gasteiger partial charge in [0.1, 0.15) is 6.61 Å². The number of rotatable bonds is 7. The van der Waals surface area contributed by atoms with Gasteiger partial charge in [0, 0.05) is 12.6 Å². The van der Waals surface area contributed by atoms with Crippen LogP contribution < -0.4 is 16.4 Å². The molecule has 0 aromatic carbocycles. The SMILES string of the molecule is CC1(C(=O)O)CCCC1NC(=O)NCCOCC(N)=O. The Labute approximate surface area is 117 Å². The van der Waals surface area contributed by atoms with Crippen LogP contribution in [0.5, 0.6) is 0 Å². The second-order valence-corrected chi connectivity index (χ2v) is 5.09. The molecule has 0 aromatic rings. The molecule has 114 valence electrons. The fourth-order valence-electron chi connectivity index (χ4n) is 2.27. The number of urea groups is 1. The highest BCUT2D eigenvalue weighted by atomic mass is 16.5. The van der Waals surface area contributed by atoms with Crippen molar-refractivity contribution in [3.8, 4) is 0 Å². The van der Waals surface area contributed by atoms with E-state index >= 15 is 0 Å². The molecular weight excluding hydrogens is 266 g/mol. The zero-order valence-corrected chi connectivity index (χ0v) is 11.5. The number of hydrogen-bond acceptors (Lipinski definition) is 4. The van der Waals surface area contributed by atoms with Gasteiger partial charge in [0.15, 0.2) is 0 Å². The van der Waals surface area contributed by atoms with Crippen LogP contribution in [0.3, 0.4) is 0 Å². The van der Waals surface area contributed by atoms with E-state index in [0.29, 0.717) is 12.8 Å². The maximum absolute atomic E-state index is 11.6. The molecule has 3 amide bonds. The van der Waals surface area contributed by atoms with E-state index in [1.807, 2.05) is 0 Å². The minimum Gasteiger partial charge on any atom is -0.481 e. The van der Waals surface area contributed by atoms with Gasteiger partial charge < -0.3 is 26.2 Å². The summed E-state index contributed by atoms with van der Waals surface area (Å²) in [6.07, 6.45) is 1.97. The van der Waals surface area contributed by atoms with Gasteiger partial charge in [-0.25, -0.2) is 4.79 Å². The summed E-state index contributed by atoms with van der Waals surface area (Å²) in [5.41, 5.74) is 3.97. The minimum absolute atomic E-state index is 0.164. The number of amides is 3. The molecule has 0 spiro atoms. The van der Waals surface area contributed by atoms with Gasteiger partial charge in [-0.1, -0.05) is 6.42 Å². The molecule has 1 saturated carbocycles. The fourth-order valence-corrected chi connectivity index (χ4v) is 2.27. The zero-order chi connectivity index (χ0) is 15.2. The molecule has 8 heteroatoms. The second kappa shape index (κ2) is 7.09. The Bertz CT molecular complexity index is 387. The van der Waals surface area contributed by atoms with Gasteiger partial charge in [-0.3, -0.25) is 9.59 Å². The largest absolute Gasteiger partial charge is 0.481 e. The molecule has 8 nitrogen and oxygen atoms in total. The van der Waals surface area contributed by atoms with Crippen LogP contribution in [-0.2, 0) is 14.3 Å². The number of nitrogens with one attached hydrogen (secondary N) is 2. The minimum atomic E-state index is -0.917. The normalized spacial score (nSPS) is 25.1. The van der Waals surface area contributed by atoms with Crippen molar-refractivity contribution >= 4 is 17.9 Å². The molecule has 20 heavy (non-hydrogen) atoms. The number of carboxylic acid groups (broad SMARTS) is 1. The summed E-state index contributed by atoms with van der Waals surface area (Å²) in [6.45, 7) is 1.83. The topological polar surface area (TPSA) is 131 Å². The number of carbonyl (C=O) groups excluding carboxylic acids is 2. The van der Waals surface area contributed by atoms with E-state index in [1.54, 1.807) is 6.92 Å². The Morgan fingerprint density at radius 3 is 2.75 bits per heavy atom. The van der Waals surface area contributed by atoms with Crippen molar-refractivity contribution in [1.82, 2.24) is 10.6 Å². The molecule has 1 aliphatic rings. The molecule has 0 aromatic heterocycles. The van der Waals surface area contributed by atoms with E-state index in [0.717, 1.165) is 6.42 Å². The van der Waals surface area contributed by atoms with E-state index in [1.165, 1.54) is 0 Å². The molecule has 1 aliphatic carbocycles. The van der Waals surface area contributed by atoms with Crippen molar-refractivity contribution in [3.63, 3.8) is 0 Å². The van der Waals surface area contributed by atoms with E-state index in [9.17, 15) is 19.5 Å². The molecule has 1 rings (SSSR count). The molecule has 2 unspecified atom stereocenters. The summed E-state index contributed by atoms with van der Waals surface area (Å²) in [5.74, 6) is -1.47. The Morgan fingerprint density at radius 2 is 2.15 bits per heavy atom. The van der Waals surface area contributed by atoms with Gasteiger partial charge in [0.05, 0.1) is 12.0 Å². The Morgan fingerprint density at radius 1 is 1.45 bits per heavy atom. The molecule has 0 heterocycles. The highest BCUT2D eigenvalue weighted by molar-refractivity contribution is 5.79. The number of nitrogens with two attached hydrogens (primary N) is 1. The van der Waals surface area contributed by atoms with Gasteiger partial charge in [-0.05, 0) is 19.8 Å². The summed E-state index contributed by atoms with van der Waals surface area (Å²) in [6, 6.07) is -0.821. The van der Waals surface area contributed by atoms with Gasteiger partial charge in [0.25, 0.3) is 0 Å². The zero-order valence-electron chi connectivity index (χ0n) is 11.5. The lowest BCUT2D eigenvalue weighted by Crippen LogP contribution is -2.50. The summed E-state index contributed by atoms with van der Waals surface area (Å²) in [4.78, 5) is 33.3. The summed E-state index contributed by atoms with van der Waals surface area (Å²) >= 11 is 0. The number of carboxylic acids is 1. The number of ether oxygens (including phenoxy) is 1. The third-order valence-electron chi connectivity index (χ3n) is 3.53. The smallest absolute Gasteiger partial charge is 0.315 e. The Kier molecular flexibility index (Phi) is 5.75.